The van der Waals surface area contributed by atoms with E-state index in [0.29, 0.717) is 33.0 Å². The molecule has 0 unspecified atom stereocenters. The Morgan fingerprint density at radius 3 is 2.90 bits per heavy atom. The predicted molar refractivity (Wildman–Crippen MR) is 86.0 cm³/mol. The number of fused-ring (bicyclic) bond motifs is 1. The highest BCUT2D eigenvalue weighted by molar-refractivity contribution is 7.00. The maximum absolute atomic E-state index is 12.4. The van der Waals surface area contributed by atoms with Crippen molar-refractivity contribution in [3.8, 4) is 0 Å². The Labute approximate surface area is 130 Å². The number of nitrogens with one attached hydrogen (secondary N) is 1. The fourth-order valence-electron chi connectivity index (χ4n) is 2.01. The van der Waals surface area contributed by atoms with Crippen LogP contribution in [0.5, 0.6) is 0 Å². The highest BCUT2D eigenvalue weighted by atomic mass is 35.5. The molecule has 0 aliphatic carbocycles. The van der Waals surface area contributed by atoms with E-state index in [1.807, 2.05) is 13.0 Å². The van der Waals surface area contributed by atoms with Crippen molar-refractivity contribution >= 4 is 51.6 Å². The summed E-state index contributed by atoms with van der Waals surface area (Å²) in [6.45, 7) is 1.85. The first-order valence-corrected chi connectivity index (χ1v) is 7.26. The Balaban J connectivity index is 2.02. The molecule has 5 nitrogen and oxygen atoms in total. The van der Waals surface area contributed by atoms with Crippen molar-refractivity contribution in [3.63, 3.8) is 0 Å². The largest absolute Gasteiger partial charge is 0.398 e. The number of rotatable bonds is 2. The average molecular weight is 319 g/mol. The molecule has 0 saturated carbocycles. The molecule has 0 saturated heterocycles. The minimum Gasteiger partial charge on any atom is -0.398 e. The number of halogens is 1. The zero-order valence-corrected chi connectivity index (χ0v) is 12.6. The topological polar surface area (TPSA) is 80.9 Å². The lowest BCUT2D eigenvalue weighted by Gasteiger charge is -2.10. The number of anilines is 2. The maximum Gasteiger partial charge on any atom is 0.257 e. The molecule has 0 aliphatic heterocycles. The second kappa shape index (κ2) is 5.31. The summed E-state index contributed by atoms with van der Waals surface area (Å²) in [6.07, 6.45) is 0. The van der Waals surface area contributed by atoms with Gasteiger partial charge >= 0.3 is 0 Å². The number of nitrogen functional groups attached to an aromatic ring is 1. The molecule has 0 radical (unpaired) electrons. The van der Waals surface area contributed by atoms with Crippen molar-refractivity contribution in [2.75, 3.05) is 11.1 Å². The van der Waals surface area contributed by atoms with Crippen molar-refractivity contribution in [1.29, 1.82) is 0 Å². The van der Waals surface area contributed by atoms with E-state index in [2.05, 4.69) is 14.1 Å². The molecule has 3 aromatic rings. The molecule has 7 heteroatoms. The van der Waals surface area contributed by atoms with Crippen LogP contribution in [0.2, 0.25) is 5.02 Å². The van der Waals surface area contributed by atoms with Gasteiger partial charge in [-0.15, -0.1) is 0 Å². The number of carbonyl (C=O) groups is 1. The SMILES string of the molecule is Cc1cccc(C(=O)Nc2c(Cl)ccc3nsnc23)c1N. The lowest BCUT2D eigenvalue weighted by atomic mass is 10.1. The maximum atomic E-state index is 12.4. The Morgan fingerprint density at radius 1 is 1.29 bits per heavy atom. The van der Waals surface area contributed by atoms with E-state index in [0.717, 1.165) is 17.3 Å². The van der Waals surface area contributed by atoms with Crippen LogP contribution >= 0.6 is 23.3 Å². The van der Waals surface area contributed by atoms with Gasteiger partial charge in [-0.3, -0.25) is 4.79 Å². The van der Waals surface area contributed by atoms with Gasteiger partial charge in [-0.1, -0.05) is 23.7 Å². The standard InChI is InChI=1S/C14H11ClN4OS/c1-7-3-2-4-8(11(7)16)14(20)17-12-9(15)5-6-10-13(12)19-21-18-10/h2-6H,16H2,1H3,(H,17,20). The number of benzene rings is 2. The molecule has 2 aromatic carbocycles. The number of amides is 1. The third-order valence-electron chi connectivity index (χ3n) is 3.18. The third-order valence-corrected chi connectivity index (χ3v) is 4.04. The van der Waals surface area contributed by atoms with Gasteiger partial charge in [-0.05, 0) is 30.7 Å². The van der Waals surface area contributed by atoms with Crippen LogP contribution in [0.3, 0.4) is 0 Å². The van der Waals surface area contributed by atoms with Crippen molar-refractivity contribution in [1.82, 2.24) is 8.75 Å². The minimum absolute atomic E-state index is 0.321. The lowest BCUT2D eigenvalue weighted by molar-refractivity contribution is 0.102. The van der Waals surface area contributed by atoms with E-state index in [4.69, 9.17) is 17.3 Å². The molecular weight excluding hydrogens is 308 g/mol. The van der Waals surface area contributed by atoms with E-state index < -0.39 is 0 Å². The molecule has 0 aliphatic rings. The number of aromatic nitrogens is 2. The first kappa shape index (κ1) is 13.8. The molecule has 0 spiro atoms. The smallest absolute Gasteiger partial charge is 0.257 e. The van der Waals surface area contributed by atoms with Crippen LogP contribution in [0.25, 0.3) is 11.0 Å². The highest BCUT2D eigenvalue weighted by Gasteiger charge is 2.16. The van der Waals surface area contributed by atoms with E-state index in [1.54, 1.807) is 24.3 Å². The number of para-hydroxylation sites is 1. The molecular formula is C14H11ClN4OS. The zero-order valence-electron chi connectivity index (χ0n) is 11.1. The summed E-state index contributed by atoms with van der Waals surface area (Å²) in [5.41, 5.74) is 9.38. The first-order chi connectivity index (χ1) is 10.1. The number of nitrogens with zero attached hydrogens (tertiary/aromatic N) is 2. The molecule has 1 aromatic heterocycles. The van der Waals surface area contributed by atoms with Gasteiger partial charge in [-0.25, -0.2) is 0 Å². The average Bonchev–Trinajstić information content (AvgIpc) is 2.93. The number of nitrogens with two attached hydrogens (primary N) is 1. The summed E-state index contributed by atoms with van der Waals surface area (Å²) >= 11 is 7.22. The Bertz CT molecular complexity index is 846. The second-order valence-corrected chi connectivity index (χ2v) is 5.48. The number of hydrogen-bond donors (Lipinski definition) is 2. The van der Waals surface area contributed by atoms with Crippen molar-refractivity contribution in [2.24, 2.45) is 0 Å². The van der Waals surface area contributed by atoms with Crippen LogP contribution in [0.1, 0.15) is 15.9 Å². The van der Waals surface area contributed by atoms with Crippen molar-refractivity contribution < 1.29 is 4.79 Å². The van der Waals surface area contributed by atoms with Crippen LogP contribution in [-0.2, 0) is 0 Å². The molecule has 0 bridgehead atoms. The van der Waals surface area contributed by atoms with Crippen LogP contribution < -0.4 is 11.1 Å². The molecule has 1 heterocycles. The van der Waals surface area contributed by atoms with Crippen molar-refractivity contribution in [2.45, 2.75) is 6.92 Å². The van der Waals surface area contributed by atoms with Crippen LogP contribution in [0.15, 0.2) is 30.3 Å². The third kappa shape index (κ3) is 2.43. The minimum atomic E-state index is -0.321. The van der Waals surface area contributed by atoms with Crippen LogP contribution in [0.4, 0.5) is 11.4 Å². The summed E-state index contributed by atoms with van der Waals surface area (Å²) < 4.78 is 8.29. The van der Waals surface area contributed by atoms with Crippen molar-refractivity contribution in [3.05, 3.63) is 46.5 Å². The highest BCUT2D eigenvalue weighted by Crippen LogP contribution is 2.30. The zero-order chi connectivity index (χ0) is 15.0. The molecule has 0 fully saturated rings. The monoisotopic (exact) mass is 318 g/mol. The van der Waals surface area contributed by atoms with E-state index in [9.17, 15) is 4.79 Å². The normalized spacial score (nSPS) is 10.8. The molecule has 0 atom stereocenters. The summed E-state index contributed by atoms with van der Waals surface area (Å²) in [6, 6.07) is 8.75. The van der Waals surface area contributed by atoms with Gasteiger partial charge in [0.15, 0.2) is 0 Å². The Morgan fingerprint density at radius 2 is 2.10 bits per heavy atom. The molecule has 1 amide bonds. The summed E-state index contributed by atoms with van der Waals surface area (Å²) in [5.74, 6) is -0.321. The number of carbonyl (C=O) groups excluding carboxylic acids is 1. The fraction of sp³-hybridized carbons (Fsp3) is 0.0714. The number of hydrogen-bond acceptors (Lipinski definition) is 5. The van der Waals surface area contributed by atoms with E-state index >= 15 is 0 Å². The van der Waals surface area contributed by atoms with Gasteiger partial charge in [0, 0.05) is 5.69 Å². The van der Waals surface area contributed by atoms with Crippen LogP contribution in [0, 0.1) is 6.92 Å². The second-order valence-electron chi connectivity index (χ2n) is 4.54. The van der Waals surface area contributed by atoms with E-state index in [-0.39, 0.29) is 5.91 Å². The molecule has 106 valence electrons. The van der Waals surface area contributed by atoms with Gasteiger partial charge < -0.3 is 11.1 Å². The van der Waals surface area contributed by atoms with Gasteiger partial charge in [-0.2, -0.15) is 8.75 Å². The summed E-state index contributed by atoms with van der Waals surface area (Å²) in [7, 11) is 0. The molecule has 21 heavy (non-hydrogen) atoms. The molecule has 3 N–H and O–H groups in total. The lowest BCUT2D eigenvalue weighted by Crippen LogP contribution is -2.15. The van der Waals surface area contributed by atoms with Gasteiger partial charge in [0.1, 0.15) is 11.0 Å². The Hall–Kier alpha value is -2.18. The first-order valence-electron chi connectivity index (χ1n) is 6.15. The summed E-state index contributed by atoms with van der Waals surface area (Å²) in [4.78, 5) is 12.4. The van der Waals surface area contributed by atoms with Crippen LogP contribution in [-0.4, -0.2) is 14.7 Å². The predicted octanol–water partition coefficient (Wildman–Crippen LogP) is 3.49. The summed E-state index contributed by atoms with van der Waals surface area (Å²) in [5, 5.41) is 3.19. The van der Waals surface area contributed by atoms with Gasteiger partial charge in [0.2, 0.25) is 0 Å². The van der Waals surface area contributed by atoms with E-state index in [1.165, 1.54) is 0 Å². The molecule has 3 rings (SSSR count). The Kier molecular flexibility index (Phi) is 3.48. The quantitative estimate of drug-likeness (QED) is 0.709. The fourth-order valence-corrected chi connectivity index (χ4v) is 2.75. The van der Waals surface area contributed by atoms with Gasteiger partial charge in [0.25, 0.3) is 5.91 Å². The number of aryl methyl sites for hydroxylation is 1. The van der Waals surface area contributed by atoms with Gasteiger partial charge in [0.05, 0.1) is 28.0 Å².